The van der Waals surface area contributed by atoms with Crippen LogP contribution < -0.4 is 10.1 Å². The molecule has 0 saturated carbocycles. The third-order valence-electron chi connectivity index (χ3n) is 2.37. The van der Waals surface area contributed by atoms with Gasteiger partial charge in [0, 0.05) is 7.05 Å². The molecule has 0 fully saturated rings. The first kappa shape index (κ1) is 13.3. The fourth-order valence-electron chi connectivity index (χ4n) is 1.37. The van der Waals surface area contributed by atoms with Crippen LogP contribution in [0.4, 0.5) is 0 Å². The summed E-state index contributed by atoms with van der Waals surface area (Å²) in [6.07, 6.45) is 0. The van der Waals surface area contributed by atoms with Crippen LogP contribution in [0.25, 0.3) is 0 Å². The van der Waals surface area contributed by atoms with Crippen LogP contribution in [0, 0.1) is 0 Å². The fourth-order valence-corrected chi connectivity index (χ4v) is 1.56. The van der Waals surface area contributed by atoms with E-state index in [1.807, 2.05) is 12.1 Å². The van der Waals surface area contributed by atoms with Gasteiger partial charge in [0.05, 0.1) is 5.02 Å². The van der Waals surface area contributed by atoms with Crippen molar-refractivity contribution in [3.63, 3.8) is 0 Å². The lowest BCUT2D eigenvalue weighted by atomic mass is 10.3. The molecule has 0 aliphatic heterocycles. The Morgan fingerprint density at radius 1 is 1.47 bits per heavy atom. The standard InChI is InChI=1S/C11H12ClN5O2/c1-13-11(18)6-17-10(14-15-16-17)7-19-9-5-3-2-4-8(9)12/h2-5H,6-7H2,1H3,(H,13,18). The van der Waals surface area contributed by atoms with Gasteiger partial charge in [-0.15, -0.1) is 5.10 Å². The monoisotopic (exact) mass is 281 g/mol. The Bertz CT molecular complexity index is 572. The van der Waals surface area contributed by atoms with Crippen molar-refractivity contribution in [3.05, 3.63) is 35.1 Å². The van der Waals surface area contributed by atoms with Crippen LogP contribution in [0.3, 0.4) is 0 Å². The maximum absolute atomic E-state index is 11.3. The van der Waals surface area contributed by atoms with E-state index < -0.39 is 0 Å². The number of carbonyl (C=O) groups is 1. The summed E-state index contributed by atoms with van der Waals surface area (Å²) in [5, 5.41) is 14.0. The van der Waals surface area contributed by atoms with Crippen molar-refractivity contribution in [2.75, 3.05) is 7.05 Å². The zero-order valence-electron chi connectivity index (χ0n) is 10.2. The van der Waals surface area contributed by atoms with Gasteiger partial charge in [-0.05, 0) is 22.6 Å². The van der Waals surface area contributed by atoms with Crippen LogP contribution in [-0.4, -0.2) is 33.2 Å². The number of benzene rings is 1. The quantitative estimate of drug-likeness (QED) is 0.870. The van der Waals surface area contributed by atoms with Gasteiger partial charge in [-0.3, -0.25) is 4.79 Å². The van der Waals surface area contributed by atoms with Gasteiger partial charge >= 0.3 is 0 Å². The molecule has 7 nitrogen and oxygen atoms in total. The smallest absolute Gasteiger partial charge is 0.241 e. The zero-order chi connectivity index (χ0) is 13.7. The second-order valence-electron chi connectivity index (χ2n) is 3.65. The molecule has 0 unspecified atom stereocenters. The number of hydrogen-bond donors (Lipinski definition) is 1. The minimum Gasteiger partial charge on any atom is -0.484 e. The molecular weight excluding hydrogens is 270 g/mol. The first-order valence-electron chi connectivity index (χ1n) is 5.53. The van der Waals surface area contributed by atoms with Gasteiger partial charge < -0.3 is 10.1 Å². The number of aromatic nitrogens is 4. The van der Waals surface area contributed by atoms with Crippen molar-refractivity contribution in [1.29, 1.82) is 0 Å². The van der Waals surface area contributed by atoms with Crippen LogP contribution in [-0.2, 0) is 17.9 Å². The maximum atomic E-state index is 11.3. The SMILES string of the molecule is CNC(=O)Cn1nnnc1COc1ccccc1Cl. The minimum absolute atomic E-state index is 0.0463. The van der Waals surface area contributed by atoms with E-state index in [0.29, 0.717) is 16.6 Å². The van der Waals surface area contributed by atoms with Crippen molar-refractivity contribution in [2.45, 2.75) is 13.2 Å². The van der Waals surface area contributed by atoms with E-state index in [9.17, 15) is 4.79 Å². The number of likely N-dealkylation sites (N-methyl/N-ethyl adjacent to an activating group) is 1. The van der Waals surface area contributed by atoms with Crippen LogP contribution in [0.15, 0.2) is 24.3 Å². The largest absolute Gasteiger partial charge is 0.484 e. The molecule has 1 heterocycles. The fraction of sp³-hybridized carbons (Fsp3) is 0.273. The number of halogens is 1. The highest BCUT2D eigenvalue weighted by molar-refractivity contribution is 6.32. The Balaban J connectivity index is 2.02. The number of nitrogens with zero attached hydrogens (tertiary/aromatic N) is 4. The summed E-state index contributed by atoms with van der Waals surface area (Å²) in [5.41, 5.74) is 0. The molecule has 1 N–H and O–H groups in total. The lowest BCUT2D eigenvalue weighted by Gasteiger charge is -2.07. The molecule has 19 heavy (non-hydrogen) atoms. The summed E-state index contributed by atoms with van der Waals surface area (Å²) < 4.78 is 6.88. The Kier molecular flexibility index (Phi) is 4.30. The predicted molar refractivity (Wildman–Crippen MR) is 67.7 cm³/mol. The van der Waals surface area contributed by atoms with Crippen LogP contribution in [0.2, 0.25) is 5.02 Å². The molecular formula is C11H12ClN5O2. The zero-order valence-corrected chi connectivity index (χ0v) is 11.0. The van der Waals surface area contributed by atoms with Crippen LogP contribution in [0.5, 0.6) is 5.75 Å². The normalized spacial score (nSPS) is 10.2. The van der Waals surface area contributed by atoms with E-state index in [0.717, 1.165) is 0 Å². The number of tetrazole rings is 1. The summed E-state index contributed by atoms with van der Waals surface area (Å²) >= 11 is 5.96. The van der Waals surface area contributed by atoms with Gasteiger partial charge in [-0.2, -0.15) is 0 Å². The number of amides is 1. The molecule has 0 bridgehead atoms. The molecule has 0 radical (unpaired) electrons. The van der Waals surface area contributed by atoms with E-state index >= 15 is 0 Å². The molecule has 0 atom stereocenters. The number of rotatable bonds is 5. The molecule has 0 aliphatic rings. The lowest BCUT2D eigenvalue weighted by Crippen LogP contribution is -2.25. The topological polar surface area (TPSA) is 81.9 Å². The van der Waals surface area contributed by atoms with Crippen molar-refractivity contribution >= 4 is 17.5 Å². The summed E-state index contributed by atoms with van der Waals surface area (Å²) in [4.78, 5) is 11.3. The van der Waals surface area contributed by atoms with Gasteiger partial charge in [-0.1, -0.05) is 23.7 Å². The molecule has 2 aromatic rings. The molecule has 0 spiro atoms. The Labute approximate surface area is 114 Å². The Hall–Kier alpha value is -2.15. The second-order valence-corrected chi connectivity index (χ2v) is 4.05. The third-order valence-corrected chi connectivity index (χ3v) is 2.68. The molecule has 2 rings (SSSR count). The second kappa shape index (κ2) is 6.14. The summed E-state index contributed by atoms with van der Waals surface area (Å²) in [6, 6.07) is 7.10. The summed E-state index contributed by atoms with van der Waals surface area (Å²) in [6.45, 7) is 0.179. The number of carbonyl (C=O) groups excluding carboxylic acids is 1. The van der Waals surface area contributed by atoms with E-state index in [1.54, 1.807) is 19.2 Å². The minimum atomic E-state index is -0.189. The van der Waals surface area contributed by atoms with Gasteiger partial charge in [0.1, 0.15) is 18.9 Å². The highest BCUT2D eigenvalue weighted by atomic mass is 35.5. The number of nitrogens with one attached hydrogen (secondary N) is 1. The molecule has 0 aliphatic carbocycles. The number of hydrogen-bond acceptors (Lipinski definition) is 5. The first-order valence-corrected chi connectivity index (χ1v) is 5.91. The van der Waals surface area contributed by atoms with Crippen molar-refractivity contribution in [3.8, 4) is 5.75 Å². The average Bonchev–Trinajstić information content (AvgIpc) is 2.85. The van der Waals surface area contributed by atoms with Gasteiger partial charge in [-0.25, -0.2) is 4.68 Å². The predicted octanol–water partition coefficient (Wildman–Crippen LogP) is 0.651. The van der Waals surface area contributed by atoms with E-state index in [-0.39, 0.29) is 19.1 Å². The van der Waals surface area contributed by atoms with E-state index in [1.165, 1.54) is 4.68 Å². The first-order chi connectivity index (χ1) is 9.20. The highest BCUT2D eigenvalue weighted by Crippen LogP contribution is 2.23. The number of ether oxygens (including phenoxy) is 1. The number of para-hydroxylation sites is 1. The molecule has 0 saturated heterocycles. The van der Waals surface area contributed by atoms with E-state index in [2.05, 4.69) is 20.8 Å². The molecule has 1 amide bonds. The highest BCUT2D eigenvalue weighted by Gasteiger charge is 2.10. The van der Waals surface area contributed by atoms with Crippen molar-refractivity contribution < 1.29 is 9.53 Å². The van der Waals surface area contributed by atoms with Gasteiger partial charge in [0.2, 0.25) is 5.91 Å². The molecule has 100 valence electrons. The summed E-state index contributed by atoms with van der Waals surface area (Å²) in [7, 11) is 1.55. The molecule has 1 aromatic carbocycles. The Morgan fingerprint density at radius 3 is 3.00 bits per heavy atom. The van der Waals surface area contributed by atoms with Crippen molar-refractivity contribution in [2.24, 2.45) is 0 Å². The van der Waals surface area contributed by atoms with Crippen molar-refractivity contribution in [1.82, 2.24) is 25.5 Å². The average molecular weight is 282 g/mol. The van der Waals surface area contributed by atoms with Crippen LogP contribution in [0.1, 0.15) is 5.82 Å². The van der Waals surface area contributed by atoms with Gasteiger partial charge in [0.15, 0.2) is 5.82 Å². The third kappa shape index (κ3) is 3.41. The van der Waals surface area contributed by atoms with Gasteiger partial charge in [0.25, 0.3) is 0 Å². The summed E-state index contributed by atoms with van der Waals surface area (Å²) in [5.74, 6) is 0.800. The lowest BCUT2D eigenvalue weighted by molar-refractivity contribution is -0.121. The van der Waals surface area contributed by atoms with E-state index in [4.69, 9.17) is 16.3 Å². The van der Waals surface area contributed by atoms with Crippen LogP contribution >= 0.6 is 11.6 Å². The molecule has 1 aromatic heterocycles. The maximum Gasteiger partial charge on any atom is 0.241 e. The molecule has 8 heteroatoms. The Morgan fingerprint density at radius 2 is 2.26 bits per heavy atom.